The van der Waals surface area contributed by atoms with E-state index < -0.39 is 0 Å². The third-order valence-electron chi connectivity index (χ3n) is 3.92. The third-order valence-corrected chi connectivity index (χ3v) is 3.92. The van der Waals surface area contributed by atoms with Gasteiger partial charge in [-0.3, -0.25) is 0 Å². The molecule has 25 heavy (non-hydrogen) atoms. The first-order valence-electron chi connectivity index (χ1n) is 8.21. The Bertz CT molecular complexity index is 833. The number of aryl methyl sites for hydroxylation is 1. The summed E-state index contributed by atoms with van der Waals surface area (Å²) >= 11 is 0. The summed E-state index contributed by atoms with van der Waals surface area (Å²) in [5, 5.41) is 6.62. The monoisotopic (exact) mass is 334 g/mol. The third kappa shape index (κ3) is 4.47. The minimum absolute atomic E-state index is 0.0947. The van der Waals surface area contributed by atoms with Crippen molar-refractivity contribution < 1.29 is 4.74 Å². The van der Waals surface area contributed by atoms with E-state index in [2.05, 4.69) is 52.6 Å². The first-order valence-corrected chi connectivity index (χ1v) is 8.21. The second-order valence-corrected chi connectivity index (χ2v) is 5.90. The molecule has 0 radical (unpaired) electrons. The maximum absolute atomic E-state index is 5.29. The van der Waals surface area contributed by atoms with Crippen LogP contribution in [0.1, 0.15) is 24.1 Å². The molecule has 3 aromatic rings. The summed E-state index contributed by atoms with van der Waals surface area (Å²) in [5.41, 5.74) is 3.31. The lowest BCUT2D eigenvalue weighted by Gasteiger charge is -2.16. The molecule has 1 heterocycles. The SMILES string of the molecule is COc1cccc(C(C)Nc2ccnc(Nc3ccc(C)cc3)n2)c1. The van der Waals surface area contributed by atoms with Crippen LogP contribution in [0.25, 0.3) is 0 Å². The number of ether oxygens (including phenoxy) is 1. The maximum atomic E-state index is 5.29. The highest BCUT2D eigenvalue weighted by atomic mass is 16.5. The second kappa shape index (κ2) is 7.66. The first kappa shape index (κ1) is 16.8. The number of nitrogens with one attached hydrogen (secondary N) is 2. The lowest BCUT2D eigenvalue weighted by molar-refractivity contribution is 0.414. The van der Waals surface area contributed by atoms with Crippen LogP contribution in [0.15, 0.2) is 60.8 Å². The van der Waals surface area contributed by atoms with E-state index >= 15 is 0 Å². The van der Waals surface area contributed by atoms with Crippen LogP contribution in [0, 0.1) is 6.92 Å². The predicted molar refractivity (Wildman–Crippen MR) is 102 cm³/mol. The predicted octanol–water partition coefficient (Wildman–Crippen LogP) is 4.71. The van der Waals surface area contributed by atoms with Crippen molar-refractivity contribution in [2.45, 2.75) is 19.9 Å². The van der Waals surface area contributed by atoms with Gasteiger partial charge >= 0.3 is 0 Å². The van der Waals surface area contributed by atoms with E-state index in [1.165, 1.54) is 5.56 Å². The molecule has 1 aromatic heterocycles. The van der Waals surface area contributed by atoms with Gasteiger partial charge in [0.05, 0.1) is 13.2 Å². The van der Waals surface area contributed by atoms with Crippen LogP contribution >= 0.6 is 0 Å². The van der Waals surface area contributed by atoms with Crippen LogP contribution < -0.4 is 15.4 Å². The van der Waals surface area contributed by atoms with Gasteiger partial charge in [-0.15, -0.1) is 0 Å². The van der Waals surface area contributed by atoms with Crippen molar-refractivity contribution in [1.82, 2.24) is 9.97 Å². The Morgan fingerprint density at radius 1 is 1.04 bits per heavy atom. The number of methoxy groups -OCH3 is 1. The first-order chi connectivity index (χ1) is 12.1. The van der Waals surface area contributed by atoms with Gasteiger partial charge in [0.15, 0.2) is 0 Å². The molecule has 128 valence electrons. The molecule has 5 nitrogen and oxygen atoms in total. The Hall–Kier alpha value is -3.08. The van der Waals surface area contributed by atoms with Crippen LogP contribution in [0.5, 0.6) is 5.75 Å². The molecule has 3 rings (SSSR count). The molecule has 1 unspecified atom stereocenters. The zero-order chi connectivity index (χ0) is 17.6. The molecule has 0 aliphatic heterocycles. The van der Waals surface area contributed by atoms with Gasteiger partial charge < -0.3 is 15.4 Å². The molecule has 0 saturated carbocycles. The quantitative estimate of drug-likeness (QED) is 0.683. The highest BCUT2D eigenvalue weighted by Crippen LogP contribution is 2.22. The smallest absolute Gasteiger partial charge is 0.229 e. The van der Waals surface area contributed by atoms with Crippen molar-refractivity contribution in [2.24, 2.45) is 0 Å². The largest absolute Gasteiger partial charge is 0.497 e. The molecule has 0 saturated heterocycles. The summed E-state index contributed by atoms with van der Waals surface area (Å²) < 4.78 is 5.29. The number of nitrogens with zero attached hydrogens (tertiary/aromatic N) is 2. The second-order valence-electron chi connectivity index (χ2n) is 5.90. The van der Waals surface area contributed by atoms with E-state index in [-0.39, 0.29) is 6.04 Å². The lowest BCUT2D eigenvalue weighted by atomic mass is 10.1. The van der Waals surface area contributed by atoms with Crippen molar-refractivity contribution in [3.8, 4) is 5.75 Å². The van der Waals surface area contributed by atoms with Gasteiger partial charge in [-0.25, -0.2) is 4.98 Å². The molecule has 0 spiro atoms. The van der Waals surface area contributed by atoms with Crippen LogP contribution in [0.3, 0.4) is 0 Å². The summed E-state index contributed by atoms with van der Waals surface area (Å²) in [6.45, 7) is 4.15. The molecule has 0 aliphatic carbocycles. The van der Waals surface area contributed by atoms with Gasteiger partial charge in [-0.1, -0.05) is 29.8 Å². The highest BCUT2D eigenvalue weighted by Gasteiger charge is 2.08. The van der Waals surface area contributed by atoms with Crippen molar-refractivity contribution in [3.63, 3.8) is 0 Å². The van der Waals surface area contributed by atoms with Crippen molar-refractivity contribution in [2.75, 3.05) is 17.7 Å². The Morgan fingerprint density at radius 3 is 2.60 bits per heavy atom. The molecule has 0 fully saturated rings. The number of rotatable bonds is 6. The Kier molecular flexibility index (Phi) is 5.14. The van der Waals surface area contributed by atoms with E-state index in [1.54, 1.807) is 13.3 Å². The highest BCUT2D eigenvalue weighted by molar-refractivity contribution is 5.55. The molecular formula is C20H22N4O. The Morgan fingerprint density at radius 2 is 1.84 bits per heavy atom. The van der Waals surface area contributed by atoms with Gasteiger partial charge in [0, 0.05) is 11.9 Å². The average molecular weight is 334 g/mol. The fourth-order valence-electron chi connectivity index (χ4n) is 2.48. The molecule has 1 atom stereocenters. The lowest BCUT2D eigenvalue weighted by Crippen LogP contribution is -2.09. The van der Waals surface area contributed by atoms with Gasteiger partial charge in [-0.05, 0) is 49.7 Å². The van der Waals surface area contributed by atoms with Crippen LogP contribution in [0.4, 0.5) is 17.5 Å². The summed E-state index contributed by atoms with van der Waals surface area (Å²) in [6.07, 6.45) is 1.74. The summed E-state index contributed by atoms with van der Waals surface area (Å²) in [7, 11) is 1.67. The maximum Gasteiger partial charge on any atom is 0.229 e. The van der Waals surface area contributed by atoms with E-state index in [0.29, 0.717) is 5.95 Å². The molecular weight excluding hydrogens is 312 g/mol. The fourth-order valence-corrected chi connectivity index (χ4v) is 2.48. The van der Waals surface area contributed by atoms with E-state index in [1.807, 2.05) is 36.4 Å². The van der Waals surface area contributed by atoms with E-state index in [0.717, 1.165) is 22.8 Å². The molecule has 0 amide bonds. The van der Waals surface area contributed by atoms with Crippen molar-refractivity contribution in [1.29, 1.82) is 0 Å². The minimum Gasteiger partial charge on any atom is -0.497 e. The minimum atomic E-state index is 0.0947. The number of benzene rings is 2. The normalized spacial score (nSPS) is 11.6. The van der Waals surface area contributed by atoms with Crippen LogP contribution in [-0.4, -0.2) is 17.1 Å². The average Bonchev–Trinajstić information content (AvgIpc) is 2.64. The van der Waals surface area contributed by atoms with Crippen molar-refractivity contribution in [3.05, 3.63) is 71.9 Å². The number of anilines is 3. The molecule has 2 aromatic carbocycles. The van der Waals surface area contributed by atoms with Crippen LogP contribution in [0.2, 0.25) is 0 Å². The van der Waals surface area contributed by atoms with E-state index in [4.69, 9.17) is 4.74 Å². The van der Waals surface area contributed by atoms with Gasteiger partial charge in [0.1, 0.15) is 11.6 Å². The fraction of sp³-hybridized carbons (Fsp3) is 0.200. The Balaban J connectivity index is 1.71. The topological polar surface area (TPSA) is 59.1 Å². The van der Waals surface area contributed by atoms with Crippen LogP contribution in [-0.2, 0) is 0 Å². The number of hydrogen-bond acceptors (Lipinski definition) is 5. The summed E-state index contributed by atoms with van der Waals surface area (Å²) in [4.78, 5) is 8.82. The molecule has 0 bridgehead atoms. The summed E-state index contributed by atoms with van der Waals surface area (Å²) in [5.74, 6) is 2.17. The zero-order valence-corrected chi connectivity index (χ0v) is 14.7. The van der Waals surface area contributed by atoms with Gasteiger partial charge in [0.25, 0.3) is 0 Å². The van der Waals surface area contributed by atoms with E-state index in [9.17, 15) is 0 Å². The molecule has 5 heteroatoms. The summed E-state index contributed by atoms with van der Waals surface area (Å²) in [6, 6.07) is 18.1. The molecule has 2 N–H and O–H groups in total. The van der Waals surface area contributed by atoms with Gasteiger partial charge in [0.2, 0.25) is 5.95 Å². The zero-order valence-electron chi connectivity index (χ0n) is 14.7. The Labute approximate surface area is 148 Å². The number of hydrogen-bond donors (Lipinski definition) is 2. The van der Waals surface area contributed by atoms with Gasteiger partial charge in [-0.2, -0.15) is 4.98 Å². The number of aromatic nitrogens is 2. The molecule has 0 aliphatic rings. The van der Waals surface area contributed by atoms with Crippen molar-refractivity contribution >= 4 is 17.5 Å². The standard InChI is InChI=1S/C20H22N4O/c1-14-7-9-17(10-8-14)23-20-21-12-11-19(24-20)22-15(2)16-5-4-6-18(13-16)25-3/h4-13,15H,1-3H3,(H2,21,22,23,24).